The number of rotatable bonds is 62. The van der Waals surface area contributed by atoms with Crippen molar-refractivity contribution < 1.29 is 29.3 Å². The van der Waals surface area contributed by atoms with Crippen molar-refractivity contribution in [1.29, 1.82) is 0 Å². The monoisotopic (exact) mass is 1050 g/mol. The molecular weight excluding hydrogens is 925 g/mol. The third-order valence-corrected chi connectivity index (χ3v) is 15.7. The van der Waals surface area contributed by atoms with Crippen LogP contribution in [0.3, 0.4) is 0 Å². The molecule has 0 spiro atoms. The predicted octanol–water partition coefficient (Wildman–Crippen LogP) is 21.6. The molecule has 0 aromatic heterocycles. The summed E-state index contributed by atoms with van der Waals surface area (Å²) in [6, 6.07) is 0. The van der Waals surface area contributed by atoms with E-state index in [4.69, 9.17) is 4.74 Å². The van der Waals surface area contributed by atoms with Crippen LogP contribution in [0.1, 0.15) is 367 Å². The Kier molecular flexibility index (Phi) is 58.0. The average Bonchev–Trinajstić information content (AvgIpc) is 3.41. The van der Waals surface area contributed by atoms with Crippen molar-refractivity contribution >= 4 is 17.5 Å². The molecule has 0 aliphatic heterocycles. The summed E-state index contributed by atoms with van der Waals surface area (Å²) in [7, 11) is 0. The van der Waals surface area contributed by atoms with E-state index in [1.54, 1.807) is 0 Å². The lowest BCUT2D eigenvalue weighted by Crippen LogP contribution is -2.60. The molecule has 2 N–H and O–H groups in total. The first-order valence-corrected chi connectivity index (χ1v) is 33.4. The molecule has 75 heavy (non-hydrogen) atoms. The standard InChI is InChI=1S/C69H128O6/c1-4-7-10-13-16-19-22-25-28-31-34-37-40-43-46-49-52-55-58-61-65(71)69(67(73)64-70,66(72)62-59-56-53-50-47-44-41-38-35-32-29-26-23-20-17-14-11-8-5-2)75-68(74)63-60-57-54-51-48-45-42-39-36-33-30-27-24-21-18-15-12-9-6-3/h25-30,67,70,73H,4-24,31-64H2,1-3H3. The number of ketones is 2. The van der Waals surface area contributed by atoms with E-state index in [9.17, 15) is 24.6 Å². The van der Waals surface area contributed by atoms with Gasteiger partial charge in [0.05, 0.1) is 6.61 Å². The Morgan fingerprint density at radius 1 is 0.320 bits per heavy atom. The third kappa shape index (κ3) is 47.7. The molecule has 0 aromatic carbocycles. The second-order valence-electron chi connectivity index (χ2n) is 23.0. The molecule has 0 aromatic rings. The predicted molar refractivity (Wildman–Crippen MR) is 326 cm³/mol. The first-order valence-electron chi connectivity index (χ1n) is 33.4. The normalized spacial score (nSPS) is 13.2. The van der Waals surface area contributed by atoms with E-state index >= 15 is 0 Å². The molecule has 0 rings (SSSR count). The number of ether oxygens (including phenoxy) is 1. The van der Waals surface area contributed by atoms with Gasteiger partial charge in [0, 0.05) is 19.3 Å². The minimum Gasteiger partial charge on any atom is -0.440 e. The van der Waals surface area contributed by atoms with Gasteiger partial charge < -0.3 is 14.9 Å². The van der Waals surface area contributed by atoms with Crippen molar-refractivity contribution in [2.24, 2.45) is 0 Å². The number of aliphatic hydroxyl groups is 2. The Morgan fingerprint density at radius 2 is 0.520 bits per heavy atom. The fourth-order valence-corrected chi connectivity index (χ4v) is 10.6. The van der Waals surface area contributed by atoms with Gasteiger partial charge in [0.2, 0.25) is 0 Å². The summed E-state index contributed by atoms with van der Waals surface area (Å²) in [5.41, 5.74) is -2.33. The minimum absolute atomic E-state index is 0.0495. The fourth-order valence-electron chi connectivity index (χ4n) is 10.6. The molecular formula is C69H128O6. The van der Waals surface area contributed by atoms with Crippen LogP contribution in [0.25, 0.3) is 0 Å². The Bertz CT molecular complexity index is 1240. The van der Waals surface area contributed by atoms with Crippen molar-refractivity contribution in [2.75, 3.05) is 6.61 Å². The van der Waals surface area contributed by atoms with E-state index < -0.39 is 35.8 Å². The highest BCUT2D eigenvalue weighted by molar-refractivity contribution is 6.12. The van der Waals surface area contributed by atoms with Crippen LogP contribution in [0, 0.1) is 0 Å². The molecule has 0 aliphatic carbocycles. The van der Waals surface area contributed by atoms with Gasteiger partial charge in [-0.3, -0.25) is 14.4 Å². The quantitative estimate of drug-likeness (QED) is 0.0272. The smallest absolute Gasteiger partial charge is 0.307 e. The van der Waals surface area contributed by atoms with Crippen molar-refractivity contribution in [3.8, 4) is 0 Å². The molecule has 0 radical (unpaired) electrons. The topological polar surface area (TPSA) is 101 Å². The first kappa shape index (κ1) is 73.0. The summed E-state index contributed by atoms with van der Waals surface area (Å²) in [5.74, 6) is -1.74. The van der Waals surface area contributed by atoms with Gasteiger partial charge in [0.15, 0.2) is 11.6 Å². The maximum absolute atomic E-state index is 14.1. The first-order chi connectivity index (χ1) is 36.9. The Balaban J connectivity index is 4.80. The Hall–Kier alpha value is -2.05. The summed E-state index contributed by atoms with van der Waals surface area (Å²) in [6.45, 7) is 6.00. The number of carbonyl (C=O) groups is 3. The summed E-state index contributed by atoms with van der Waals surface area (Å²) in [6.07, 6.45) is 73.7. The summed E-state index contributed by atoms with van der Waals surface area (Å²) in [4.78, 5) is 41.6. The van der Waals surface area contributed by atoms with Gasteiger partial charge in [0.1, 0.15) is 6.10 Å². The average molecular weight is 1050 g/mol. The van der Waals surface area contributed by atoms with Gasteiger partial charge in [-0.25, -0.2) is 0 Å². The molecule has 0 amide bonds. The van der Waals surface area contributed by atoms with Crippen molar-refractivity contribution in [3.63, 3.8) is 0 Å². The van der Waals surface area contributed by atoms with E-state index in [0.29, 0.717) is 19.3 Å². The van der Waals surface area contributed by atoms with Crippen LogP contribution in [0.5, 0.6) is 0 Å². The second-order valence-corrected chi connectivity index (χ2v) is 23.0. The highest BCUT2D eigenvalue weighted by Gasteiger charge is 2.53. The number of esters is 1. The van der Waals surface area contributed by atoms with Crippen LogP contribution >= 0.6 is 0 Å². The van der Waals surface area contributed by atoms with Gasteiger partial charge in [0.25, 0.3) is 5.60 Å². The molecule has 0 fully saturated rings. The zero-order chi connectivity index (χ0) is 54.7. The van der Waals surface area contributed by atoms with E-state index in [2.05, 4.69) is 57.2 Å². The number of unbranched alkanes of at least 4 members (excludes halogenated alkanes) is 45. The molecule has 0 saturated heterocycles. The number of carbonyl (C=O) groups excluding carboxylic acids is 3. The van der Waals surface area contributed by atoms with Crippen LogP contribution in [0.4, 0.5) is 0 Å². The van der Waals surface area contributed by atoms with Gasteiger partial charge in [-0.2, -0.15) is 0 Å². The van der Waals surface area contributed by atoms with Crippen LogP contribution in [-0.2, 0) is 19.1 Å². The van der Waals surface area contributed by atoms with Crippen molar-refractivity contribution in [3.05, 3.63) is 36.5 Å². The van der Waals surface area contributed by atoms with E-state index in [1.165, 1.54) is 250 Å². The fraction of sp³-hybridized carbons (Fsp3) is 0.870. The number of hydrogen-bond donors (Lipinski definition) is 2. The molecule has 440 valence electrons. The van der Waals surface area contributed by atoms with Gasteiger partial charge >= 0.3 is 5.97 Å². The van der Waals surface area contributed by atoms with E-state index in [-0.39, 0.29) is 19.3 Å². The maximum Gasteiger partial charge on any atom is 0.307 e. The molecule has 1 atom stereocenters. The molecule has 6 nitrogen and oxygen atoms in total. The van der Waals surface area contributed by atoms with E-state index in [0.717, 1.165) is 57.8 Å². The van der Waals surface area contributed by atoms with Gasteiger partial charge in [-0.15, -0.1) is 0 Å². The highest BCUT2D eigenvalue weighted by atomic mass is 16.6. The Labute approximate surface area is 467 Å². The molecule has 0 aliphatic rings. The third-order valence-electron chi connectivity index (χ3n) is 15.7. The lowest BCUT2D eigenvalue weighted by Gasteiger charge is -2.34. The molecule has 1 unspecified atom stereocenters. The van der Waals surface area contributed by atoms with Gasteiger partial charge in [-0.1, -0.05) is 288 Å². The molecule has 6 heteroatoms. The lowest BCUT2D eigenvalue weighted by molar-refractivity contribution is -0.188. The molecule has 0 saturated carbocycles. The minimum atomic E-state index is -2.33. The molecule has 0 bridgehead atoms. The highest BCUT2D eigenvalue weighted by Crippen LogP contribution is 2.28. The van der Waals surface area contributed by atoms with Crippen LogP contribution in [0.2, 0.25) is 0 Å². The number of Topliss-reactive ketones (excluding diaryl/α,β-unsaturated/α-hetero) is 2. The largest absolute Gasteiger partial charge is 0.440 e. The van der Waals surface area contributed by atoms with Crippen molar-refractivity contribution in [2.45, 2.75) is 379 Å². The zero-order valence-electron chi connectivity index (χ0n) is 50.5. The van der Waals surface area contributed by atoms with Crippen LogP contribution in [-0.4, -0.2) is 46.1 Å². The lowest BCUT2D eigenvalue weighted by atomic mass is 9.82. The van der Waals surface area contributed by atoms with E-state index in [1.807, 2.05) is 0 Å². The number of allylic oxidation sites excluding steroid dienone is 6. The summed E-state index contributed by atoms with van der Waals surface area (Å²) < 4.78 is 5.87. The van der Waals surface area contributed by atoms with Gasteiger partial charge in [-0.05, 0) is 96.3 Å². The maximum atomic E-state index is 14.1. The van der Waals surface area contributed by atoms with Crippen molar-refractivity contribution in [1.82, 2.24) is 0 Å². The summed E-state index contributed by atoms with van der Waals surface area (Å²) in [5, 5.41) is 21.5. The second kappa shape index (κ2) is 59.6. The molecule has 0 heterocycles. The van der Waals surface area contributed by atoms with Crippen LogP contribution in [0.15, 0.2) is 36.5 Å². The Morgan fingerprint density at radius 3 is 0.747 bits per heavy atom. The number of hydrogen-bond acceptors (Lipinski definition) is 6. The van der Waals surface area contributed by atoms with Crippen LogP contribution < -0.4 is 0 Å². The number of aliphatic hydroxyl groups excluding tert-OH is 2. The SMILES string of the molecule is CCCCCCCCC=CCCCCCCCCCCCC(=O)OC(C(=O)CCCCCCCCCCCC=CCCCCCCCC)(C(=O)CCCCCCCCCCCC=CCCCCCCCC)C(O)CO. The zero-order valence-corrected chi connectivity index (χ0v) is 50.5. The summed E-state index contributed by atoms with van der Waals surface area (Å²) >= 11 is 0.